The molecule has 0 amide bonds. The molecular weight excluding hydrogens is 298 g/mol. The predicted octanol–water partition coefficient (Wildman–Crippen LogP) is 5.69. The summed E-state index contributed by atoms with van der Waals surface area (Å²) in [6.07, 6.45) is 0. The zero-order valence-electron chi connectivity index (χ0n) is 13.0. The number of hydrogen-bond acceptors (Lipinski definition) is 2. The van der Waals surface area contributed by atoms with E-state index in [1.807, 2.05) is 12.1 Å². The van der Waals surface area contributed by atoms with Crippen molar-refractivity contribution in [1.82, 2.24) is 5.32 Å². The molecule has 0 aliphatic heterocycles. The van der Waals surface area contributed by atoms with Crippen molar-refractivity contribution in [2.24, 2.45) is 0 Å². The largest absolute Gasteiger partial charge is 0.308 e. The highest BCUT2D eigenvalue weighted by atomic mass is 35.5. The Morgan fingerprint density at radius 3 is 2.29 bits per heavy atom. The van der Waals surface area contributed by atoms with E-state index in [-0.39, 0.29) is 5.54 Å². The average Bonchev–Trinajstić information content (AvgIpc) is 2.41. The number of benzene rings is 2. The maximum absolute atomic E-state index is 5.92. The van der Waals surface area contributed by atoms with Gasteiger partial charge in [0.15, 0.2) is 0 Å². The fourth-order valence-electron chi connectivity index (χ4n) is 1.93. The fraction of sp³-hybridized carbons (Fsp3) is 0.333. The lowest BCUT2D eigenvalue weighted by molar-refractivity contribution is 0.424. The van der Waals surface area contributed by atoms with Crippen molar-refractivity contribution in [3.8, 4) is 0 Å². The summed E-state index contributed by atoms with van der Waals surface area (Å²) in [4.78, 5) is 2.50. The molecular formula is C18H22ClNS. The van der Waals surface area contributed by atoms with E-state index in [1.54, 1.807) is 11.8 Å². The summed E-state index contributed by atoms with van der Waals surface area (Å²) in [6.45, 7) is 9.62. The Balaban J connectivity index is 2.07. The van der Waals surface area contributed by atoms with Gasteiger partial charge in [0.1, 0.15) is 0 Å². The molecule has 0 aliphatic carbocycles. The highest BCUT2D eigenvalue weighted by molar-refractivity contribution is 7.99. The Labute approximate surface area is 137 Å². The second-order valence-corrected chi connectivity index (χ2v) is 7.81. The van der Waals surface area contributed by atoms with Crippen molar-refractivity contribution in [3.05, 3.63) is 58.6 Å². The van der Waals surface area contributed by atoms with Gasteiger partial charge in [-0.2, -0.15) is 0 Å². The zero-order chi connectivity index (χ0) is 15.5. The monoisotopic (exact) mass is 319 g/mol. The van der Waals surface area contributed by atoms with E-state index in [1.165, 1.54) is 20.9 Å². The van der Waals surface area contributed by atoms with E-state index in [4.69, 9.17) is 11.6 Å². The predicted molar refractivity (Wildman–Crippen MR) is 93.3 cm³/mol. The van der Waals surface area contributed by atoms with Gasteiger partial charge in [0, 0.05) is 26.9 Å². The second-order valence-electron chi connectivity index (χ2n) is 6.26. The van der Waals surface area contributed by atoms with Gasteiger partial charge in [-0.25, -0.2) is 0 Å². The number of nitrogens with one attached hydrogen (secondary N) is 1. The minimum Gasteiger partial charge on any atom is -0.308 e. The summed E-state index contributed by atoms with van der Waals surface area (Å²) in [5.41, 5.74) is 2.77. The highest BCUT2D eigenvalue weighted by Crippen LogP contribution is 2.31. The van der Waals surface area contributed by atoms with Crippen LogP contribution in [-0.2, 0) is 6.54 Å². The molecule has 0 aromatic heterocycles. The van der Waals surface area contributed by atoms with Gasteiger partial charge in [-0.1, -0.05) is 35.5 Å². The van der Waals surface area contributed by atoms with Crippen LogP contribution >= 0.6 is 23.4 Å². The third-order valence-electron chi connectivity index (χ3n) is 3.10. The molecule has 0 bridgehead atoms. The van der Waals surface area contributed by atoms with E-state index in [0.29, 0.717) is 0 Å². The molecule has 0 aliphatic rings. The van der Waals surface area contributed by atoms with E-state index < -0.39 is 0 Å². The summed E-state index contributed by atoms with van der Waals surface area (Å²) in [6, 6.07) is 14.6. The van der Waals surface area contributed by atoms with Crippen molar-refractivity contribution in [1.29, 1.82) is 0 Å². The lowest BCUT2D eigenvalue weighted by Gasteiger charge is -2.21. The van der Waals surface area contributed by atoms with Gasteiger partial charge in [-0.3, -0.25) is 0 Å². The first-order chi connectivity index (χ1) is 9.83. The molecule has 0 saturated carbocycles. The first-order valence-corrected chi connectivity index (χ1v) is 8.31. The molecule has 112 valence electrons. The molecule has 1 N–H and O–H groups in total. The van der Waals surface area contributed by atoms with Crippen LogP contribution in [0.5, 0.6) is 0 Å². The van der Waals surface area contributed by atoms with Gasteiger partial charge >= 0.3 is 0 Å². The summed E-state index contributed by atoms with van der Waals surface area (Å²) in [7, 11) is 0. The molecule has 0 saturated heterocycles. The average molecular weight is 320 g/mol. The van der Waals surface area contributed by atoms with Crippen LogP contribution < -0.4 is 5.32 Å². The van der Waals surface area contributed by atoms with Crippen LogP contribution in [-0.4, -0.2) is 5.54 Å². The van der Waals surface area contributed by atoms with E-state index >= 15 is 0 Å². The van der Waals surface area contributed by atoms with Gasteiger partial charge < -0.3 is 5.32 Å². The van der Waals surface area contributed by atoms with Crippen LogP contribution in [0.1, 0.15) is 31.9 Å². The SMILES string of the molecule is Cc1cc(CNC(C)(C)C)ccc1Sc1ccc(Cl)cc1. The summed E-state index contributed by atoms with van der Waals surface area (Å²) < 4.78 is 0. The summed E-state index contributed by atoms with van der Waals surface area (Å²) >= 11 is 7.70. The number of halogens is 1. The van der Waals surface area contributed by atoms with Gasteiger partial charge in [0.05, 0.1) is 0 Å². The first-order valence-electron chi connectivity index (χ1n) is 7.11. The van der Waals surface area contributed by atoms with Crippen LogP contribution in [0, 0.1) is 6.92 Å². The third kappa shape index (κ3) is 5.39. The van der Waals surface area contributed by atoms with Crippen molar-refractivity contribution < 1.29 is 0 Å². The number of hydrogen-bond donors (Lipinski definition) is 1. The van der Waals surface area contributed by atoms with Crippen LogP contribution in [0.4, 0.5) is 0 Å². The molecule has 0 unspecified atom stereocenters. The minimum atomic E-state index is 0.143. The molecule has 0 radical (unpaired) electrons. The topological polar surface area (TPSA) is 12.0 Å². The van der Waals surface area contributed by atoms with E-state index in [0.717, 1.165) is 11.6 Å². The second kappa shape index (κ2) is 6.87. The third-order valence-corrected chi connectivity index (χ3v) is 4.54. The lowest BCUT2D eigenvalue weighted by Crippen LogP contribution is -2.35. The van der Waals surface area contributed by atoms with E-state index in [2.05, 4.69) is 63.3 Å². The smallest absolute Gasteiger partial charge is 0.0406 e. The Morgan fingerprint density at radius 1 is 1.05 bits per heavy atom. The molecule has 3 heteroatoms. The highest BCUT2D eigenvalue weighted by Gasteiger charge is 2.09. The molecule has 21 heavy (non-hydrogen) atoms. The molecule has 0 fully saturated rings. The van der Waals surface area contributed by atoms with Crippen molar-refractivity contribution in [3.63, 3.8) is 0 Å². The van der Waals surface area contributed by atoms with Crippen LogP contribution in [0.2, 0.25) is 5.02 Å². The van der Waals surface area contributed by atoms with Gasteiger partial charge in [-0.05, 0) is 69.2 Å². The van der Waals surface area contributed by atoms with Gasteiger partial charge in [0.25, 0.3) is 0 Å². The van der Waals surface area contributed by atoms with Crippen LogP contribution in [0.25, 0.3) is 0 Å². The maximum Gasteiger partial charge on any atom is 0.0406 e. The van der Waals surface area contributed by atoms with Gasteiger partial charge in [0.2, 0.25) is 0 Å². The normalized spacial score (nSPS) is 11.7. The Bertz CT molecular complexity index is 600. The number of aryl methyl sites for hydroxylation is 1. The molecule has 0 atom stereocenters. The molecule has 0 spiro atoms. The Morgan fingerprint density at radius 2 is 1.71 bits per heavy atom. The molecule has 1 nitrogen and oxygen atoms in total. The lowest BCUT2D eigenvalue weighted by atomic mass is 10.1. The van der Waals surface area contributed by atoms with E-state index in [9.17, 15) is 0 Å². The summed E-state index contributed by atoms with van der Waals surface area (Å²) in [5.74, 6) is 0. The molecule has 2 rings (SSSR count). The zero-order valence-corrected chi connectivity index (χ0v) is 14.6. The van der Waals surface area contributed by atoms with Crippen LogP contribution in [0.3, 0.4) is 0 Å². The van der Waals surface area contributed by atoms with Crippen molar-refractivity contribution in [2.75, 3.05) is 0 Å². The van der Waals surface area contributed by atoms with Crippen molar-refractivity contribution in [2.45, 2.75) is 49.6 Å². The molecule has 2 aromatic rings. The maximum atomic E-state index is 5.92. The summed E-state index contributed by atoms with van der Waals surface area (Å²) in [5, 5.41) is 4.30. The minimum absolute atomic E-state index is 0.143. The Hall–Kier alpha value is -0.960. The van der Waals surface area contributed by atoms with Crippen molar-refractivity contribution >= 4 is 23.4 Å². The molecule has 0 heterocycles. The first kappa shape index (κ1) is 16.4. The molecule has 2 aromatic carbocycles. The Kier molecular flexibility index (Phi) is 5.37. The van der Waals surface area contributed by atoms with Gasteiger partial charge in [-0.15, -0.1) is 0 Å². The quantitative estimate of drug-likeness (QED) is 0.777. The number of rotatable bonds is 4. The standard InChI is InChI=1S/C18H22ClNS/c1-13-11-14(12-20-18(2,3)4)5-10-17(13)21-16-8-6-15(19)7-9-16/h5-11,20H,12H2,1-4H3. The fourth-order valence-corrected chi connectivity index (χ4v) is 2.94. The van der Waals surface area contributed by atoms with Crippen LogP contribution in [0.15, 0.2) is 52.3 Å².